The first kappa shape index (κ1) is 17.0. The minimum atomic E-state index is -0.0336. The van der Waals surface area contributed by atoms with Gasteiger partial charge in [-0.05, 0) is 50.5 Å². The number of amides is 1. The Labute approximate surface area is 163 Å². The summed E-state index contributed by atoms with van der Waals surface area (Å²) >= 11 is 0. The van der Waals surface area contributed by atoms with Gasteiger partial charge in [0.15, 0.2) is 5.82 Å². The van der Waals surface area contributed by atoms with Crippen LogP contribution >= 0.6 is 0 Å². The van der Waals surface area contributed by atoms with Gasteiger partial charge in [-0.15, -0.1) is 0 Å². The van der Waals surface area contributed by atoms with Gasteiger partial charge >= 0.3 is 0 Å². The number of carbonyl (C=O) groups excluding carboxylic acids is 1. The number of rotatable bonds is 3. The lowest BCUT2D eigenvalue weighted by molar-refractivity contribution is 0.0987. The predicted molar refractivity (Wildman–Crippen MR) is 108 cm³/mol. The highest BCUT2D eigenvalue weighted by molar-refractivity contribution is 6.11. The van der Waals surface area contributed by atoms with Crippen LogP contribution < -0.4 is 9.80 Å². The van der Waals surface area contributed by atoms with Crippen molar-refractivity contribution in [3.63, 3.8) is 0 Å². The van der Waals surface area contributed by atoms with Gasteiger partial charge in [0.1, 0.15) is 0 Å². The number of hydrogen-bond donors (Lipinski definition) is 0. The average molecular weight is 374 g/mol. The SMILES string of the molecule is Cc1noc(-c2ccccc2C(=O)N2CCN(C3CC3)c3c(C)cccc32)n1. The number of fused-ring (bicyclic) bond motifs is 1. The molecule has 5 rings (SSSR count). The number of aryl methyl sites for hydroxylation is 2. The largest absolute Gasteiger partial charge is 0.365 e. The number of para-hydroxylation sites is 1. The third-order valence-electron chi connectivity index (χ3n) is 5.51. The lowest BCUT2D eigenvalue weighted by Gasteiger charge is -2.39. The minimum Gasteiger partial charge on any atom is -0.365 e. The topological polar surface area (TPSA) is 62.5 Å². The van der Waals surface area contributed by atoms with Gasteiger partial charge in [-0.3, -0.25) is 4.79 Å². The van der Waals surface area contributed by atoms with Gasteiger partial charge in [0.25, 0.3) is 11.8 Å². The number of benzene rings is 2. The molecule has 2 aliphatic rings. The number of anilines is 2. The van der Waals surface area contributed by atoms with E-state index in [1.54, 1.807) is 6.92 Å². The Morgan fingerprint density at radius 1 is 1.07 bits per heavy atom. The molecule has 0 atom stereocenters. The van der Waals surface area contributed by atoms with Crippen molar-refractivity contribution in [1.29, 1.82) is 0 Å². The van der Waals surface area contributed by atoms with Crippen LogP contribution in [0.15, 0.2) is 47.0 Å². The summed E-state index contributed by atoms with van der Waals surface area (Å²) in [5.74, 6) is 0.896. The van der Waals surface area contributed by atoms with Crippen LogP contribution in [0.3, 0.4) is 0 Å². The molecule has 0 unspecified atom stereocenters. The van der Waals surface area contributed by atoms with E-state index >= 15 is 0 Å². The number of nitrogens with zero attached hydrogens (tertiary/aromatic N) is 4. The molecule has 1 aliphatic carbocycles. The molecule has 28 heavy (non-hydrogen) atoms. The third-order valence-corrected chi connectivity index (χ3v) is 5.51. The van der Waals surface area contributed by atoms with Crippen molar-refractivity contribution in [2.75, 3.05) is 22.9 Å². The Balaban J connectivity index is 1.57. The molecule has 1 saturated carbocycles. The van der Waals surface area contributed by atoms with E-state index in [4.69, 9.17) is 4.52 Å². The summed E-state index contributed by atoms with van der Waals surface area (Å²) in [6, 6.07) is 14.3. The standard InChI is InChI=1S/C22H22N4O2/c1-14-6-5-9-19-20(14)25(16-10-11-16)12-13-26(19)22(27)18-8-4-3-7-17(18)21-23-15(2)24-28-21/h3-9,16H,10-13H2,1-2H3. The number of aromatic nitrogens is 2. The summed E-state index contributed by atoms with van der Waals surface area (Å²) in [7, 11) is 0. The van der Waals surface area contributed by atoms with Crippen LogP contribution in [0.5, 0.6) is 0 Å². The second-order valence-electron chi connectivity index (χ2n) is 7.52. The maximum Gasteiger partial charge on any atom is 0.259 e. The molecule has 2 aromatic carbocycles. The first-order valence-corrected chi connectivity index (χ1v) is 9.71. The average Bonchev–Trinajstić information content (AvgIpc) is 3.47. The monoisotopic (exact) mass is 374 g/mol. The molecule has 0 bridgehead atoms. The minimum absolute atomic E-state index is 0.0336. The van der Waals surface area contributed by atoms with Crippen molar-refractivity contribution < 1.29 is 9.32 Å². The third kappa shape index (κ3) is 2.76. The molecule has 2 heterocycles. The van der Waals surface area contributed by atoms with Gasteiger partial charge in [0.05, 0.1) is 22.5 Å². The van der Waals surface area contributed by atoms with Crippen molar-refractivity contribution in [3.8, 4) is 11.5 Å². The van der Waals surface area contributed by atoms with Crippen molar-refractivity contribution >= 4 is 17.3 Å². The lowest BCUT2D eigenvalue weighted by Crippen LogP contribution is -2.45. The number of hydrogen-bond acceptors (Lipinski definition) is 5. The van der Waals surface area contributed by atoms with Crippen LogP contribution in [0.2, 0.25) is 0 Å². The smallest absolute Gasteiger partial charge is 0.259 e. The zero-order chi connectivity index (χ0) is 19.3. The highest BCUT2D eigenvalue weighted by Crippen LogP contribution is 2.42. The van der Waals surface area contributed by atoms with Crippen LogP contribution in [0.25, 0.3) is 11.5 Å². The number of carbonyl (C=O) groups is 1. The van der Waals surface area contributed by atoms with Gasteiger partial charge < -0.3 is 14.3 Å². The van der Waals surface area contributed by atoms with E-state index in [1.165, 1.54) is 24.1 Å². The van der Waals surface area contributed by atoms with E-state index in [-0.39, 0.29) is 5.91 Å². The fraction of sp³-hybridized carbons (Fsp3) is 0.318. The predicted octanol–water partition coefficient (Wildman–Crippen LogP) is 3.98. The van der Waals surface area contributed by atoms with Gasteiger partial charge in [0.2, 0.25) is 0 Å². The molecule has 142 valence electrons. The van der Waals surface area contributed by atoms with E-state index in [2.05, 4.69) is 28.0 Å². The van der Waals surface area contributed by atoms with Crippen molar-refractivity contribution in [2.24, 2.45) is 0 Å². The molecule has 6 nitrogen and oxygen atoms in total. The molecule has 1 aliphatic heterocycles. The van der Waals surface area contributed by atoms with Crippen molar-refractivity contribution in [1.82, 2.24) is 10.1 Å². The fourth-order valence-corrected chi connectivity index (χ4v) is 4.05. The Bertz CT molecular complexity index is 1050. The Morgan fingerprint density at radius 3 is 2.64 bits per heavy atom. The van der Waals surface area contributed by atoms with Gasteiger partial charge in [-0.2, -0.15) is 4.98 Å². The van der Waals surface area contributed by atoms with Crippen LogP contribution in [0.4, 0.5) is 11.4 Å². The molecule has 0 radical (unpaired) electrons. The normalized spacial score (nSPS) is 16.2. The highest BCUT2D eigenvalue weighted by Gasteiger charge is 2.37. The molecular formula is C22H22N4O2. The van der Waals surface area contributed by atoms with Crippen molar-refractivity contribution in [3.05, 3.63) is 59.4 Å². The second-order valence-corrected chi connectivity index (χ2v) is 7.52. The Morgan fingerprint density at radius 2 is 1.89 bits per heavy atom. The van der Waals surface area contributed by atoms with Crippen molar-refractivity contribution in [2.45, 2.75) is 32.7 Å². The molecule has 1 amide bonds. The van der Waals surface area contributed by atoms with E-state index in [1.807, 2.05) is 41.3 Å². The van der Waals surface area contributed by atoms with E-state index in [9.17, 15) is 4.79 Å². The summed E-state index contributed by atoms with van der Waals surface area (Å²) in [5.41, 5.74) is 4.64. The van der Waals surface area contributed by atoms with Gasteiger partial charge in [-0.25, -0.2) is 0 Å². The van der Waals surface area contributed by atoms with E-state index < -0.39 is 0 Å². The molecular weight excluding hydrogens is 352 g/mol. The maximum absolute atomic E-state index is 13.6. The first-order valence-electron chi connectivity index (χ1n) is 9.71. The zero-order valence-corrected chi connectivity index (χ0v) is 16.1. The van der Waals surface area contributed by atoms with Crippen LogP contribution in [-0.4, -0.2) is 35.2 Å². The Hall–Kier alpha value is -3.15. The lowest BCUT2D eigenvalue weighted by atomic mass is 10.0. The summed E-state index contributed by atoms with van der Waals surface area (Å²) < 4.78 is 5.33. The second kappa shape index (κ2) is 6.48. The fourth-order valence-electron chi connectivity index (χ4n) is 4.05. The highest BCUT2D eigenvalue weighted by atomic mass is 16.5. The molecule has 3 aromatic rings. The van der Waals surface area contributed by atoms with Crippen LogP contribution in [0.1, 0.15) is 34.6 Å². The van der Waals surface area contributed by atoms with Crippen LogP contribution in [0, 0.1) is 13.8 Å². The molecule has 6 heteroatoms. The van der Waals surface area contributed by atoms with Gasteiger partial charge in [0, 0.05) is 19.1 Å². The van der Waals surface area contributed by atoms with Crippen LogP contribution in [-0.2, 0) is 0 Å². The molecule has 0 N–H and O–H groups in total. The van der Waals surface area contributed by atoms with E-state index in [0.29, 0.717) is 35.4 Å². The Kier molecular flexibility index (Phi) is 3.93. The zero-order valence-electron chi connectivity index (χ0n) is 16.1. The molecule has 0 spiro atoms. The quantitative estimate of drug-likeness (QED) is 0.694. The van der Waals surface area contributed by atoms with Gasteiger partial charge in [-0.1, -0.05) is 29.4 Å². The molecule has 0 saturated heterocycles. The summed E-state index contributed by atoms with van der Waals surface area (Å²) in [6.45, 7) is 5.42. The summed E-state index contributed by atoms with van der Waals surface area (Å²) in [5, 5.41) is 3.87. The molecule has 1 fully saturated rings. The first-order chi connectivity index (χ1) is 13.6. The molecule has 1 aromatic heterocycles. The maximum atomic E-state index is 13.6. The summed E-state index contributed by atoms with van der Waals surface area (Å²) in [6.07, 6.45) is 2.47. The summed E-state index contributed by atoms with van der Waals surface area (Å²) in [4.78, 5) is 22.3. The van der Waals surface area contributed by atoms with E-state index in [0.717, 1.165) is 12.2 Å².